The quantitative estimate of drug-likeness (QED) is 0.307. The van der Waals surface area contributed by atoms with Gasteiger partial charge >= 0.3 is 5.97 Å². The van der Waals surface area contributed by atoms with Gasteiger partial charge in [-0.15, -0.1) is 11.8 Å². The van der Waals surface area contributed by atoms with Crippen LogP contribution in [0.5, 0.6) is 0 Å². The smallest absolute Gasteiger partial charge is 0.342 e. The van der Waals surface area contributed by atoms with Crippen molar-refractivity contribution in [1.82, 2.24) is 19.7 Å². The van der Waals surface area contributed by atoms with Crippen LogP contribution < -0.4 is 4.98 Å². The topological polar surface area (TPSA) is 99.3 Å². The molecular weight excluding hydrogens is 513 g/mol. The molecule has 1 N–H and O–H groups in total. The van der Waals surface area contributed by atoms with Crippen LogP contribution in [0.2, 0.25) is 39.3 Å². The van der Waals surface area contributed by atoms with Gasteiger partial charge in [-0.1, -0.05) is 19.6 Å². The number of nitrogens with zero attached hydrogens (tertiary/aromatic N) is 3. The standard InChI is InChI=1S/C24H38N4O5SSi2/c1-15(29)26-10-9-18(13-26)27-11-8-16(21(27)30)12-17-14-34-23-19(25-35(2,3)4)22(31)28(23)20(17)24(32)33-36(5,6)7/h12,18-19,23,25H,8-11,13-14H2,1-7H3. The van der Waals surface area contributed by atoms with E-state index in [1.165, 1.54) is 0 Å². The van der Waals surface area contributed by atoms with Crippen LogP contribution in [0.4, 0.5) is 0 Å². The summed E-state index contributed by atoms with van der Waals surface area (Å²) in [6, 6.07) is -0.284. The Hall–Kier alpha value is -1.90. The van der Waals surface area contributed by atoms with Crippen molar-refractivity contribution in [2.45, 2.75) is 76.5 Å². The van der Waals surface area contributed by atoms with Crippen molar-refractivity contribution in [2.24, 2.45) is 0 Å². The van der Waals surface area contributed by atoms with Crippen molar-refractivity contribution in [3.8, 4) is 0 Å². The van der Waals surface area contributed by atoms with E-state index in [1.54, 1.807) is 28.5 Å². The first-order valence-electron chi connectivity index (χ1n) is 12.6. The van der Waals surface area contributed by atoms with Crippen LogP contribution in [-0.2, 0) is 23.6 Å². The van der Waals surface area contributed by atoms with Crippen LogP contribution >= 0.6 is 11.8 Å². The Balaban J connectivity index is 1.60. The van der Waals surface area contributed by atoms with Crippen LogP contribution in [0.1, 0.15) is 19.8 Å². The highest BCUT2D eigenvalue weighted by Gasteiger charge is 2.54. The van der Waals surface area contributed by atoms with Gasteiger partial charge in [-0.3, -0.25) is 19.3 Å². The fraction of sp³-hybridized carbons (Fsp3) is 0.667. The van der Waals surface area contributed by atoms with E-state index in [0.29, 0.717) is 48.7 Å². The maximum absolute atomic E-state index is 13.4. The van der Waals surface area contributed by atoms with E-state index in [1.807, 2.05) is 30.6 Å². The molecule has 9 nitrogen and oxygen atoms in total. The number of rotatable bonds is 6. The largest absolute Gasteiger partial charge is 0.515 e. The van der Waals surface area contributed by atoms with E-state index in [4.69, 9.17) is 4.43 Å². The van der Waals surface area contributed by atoms with Crippen molar-refractivity contribution >= 4 is 52.0 Å². The van der Waals surface area contributed by atoms with Crippen LogP contribution in [0.3, 0.4) is 0 Å². The molecule has 0 bridgehead atoms. The Labute approximate surface area is 219 Å². The highest BCUT2D eigenvalue weighted by Crippen LogP contribution is 2.42. The fourth-order valence-electron chi connectivity index (χ4n) is 5.14. The number of allylic oxidation sites excluding steroid dienone is 1. The highest BCUT2D eigenvalue weighted by atomic mass is 32.2. The van der Waals surface area contributed by atoms with Gasteiger partial charge in [0.15, 0.2) is 0 Å². The summed E-state index contributed by atoms with van der Waals surface area (Å²) in [6.07, 6.45) is 3.17. The van der Waals surface area contributed by atoms with Crippen LogP contribution in [0.15, 0.2) is 22.9 Å². The molecular formula is C24H38N4O5SSi2. The summed E-state index contributed by atoms with van der Waals surface area (Å²) in [7, 11) is -3.91. The maximum atomic E-state index is 13.4. The number of likely N-dealkylation sites (tertiary alicyclic amines) is 2. The fourth-order valence-corrected chi connectivity index (χ4v) is 8.44. The molecule has 4 aliphatic heterocycles. The molecule has 0 aromatic rings. The average molecular weight is 551 g/mol. The molecule has 3 amide bonds. The van der Waals surface area contributed by atoms with E-state index < -0.39 is 22.5 Å². The third-order valence-electron chi connectivity index (χ3n) is 6.73. The van der Waals surface area contributed by atoms with Gasteiger partial charge in [-0.2, -0.15) is 0 Å². The Morgan fingerprint density at radius 1 is 1.11 bits per heavy atom. The Morgan fingerprint density at radius 2 is 1.81 bits per heavy atom. The second kappa shape index (κ2) is 9.77. The molecule has 0 saturated carbocycles. The zero-order valence-electron chi connectivity index (χ0n) is 22.3. The predicted octanol–water partition coefficient (Wildman–Crippen LogP) is 2.11. The second-order valence-electron chi connectivity index (χ2n) is 12.0. The number of thioether (sulfide) groups is 1. The number of carbonyl (C=O) groups is 4. The monoisotopic (exact) mass is 550 g/mol. The van der Waals surface area contributed by atoms with E-state index in [0.717, 1.165) is 6.42 Å². The van der Waals surface area contributed by atoms with Crippen molar-refractivity contribution in [3.05, 3.63) is 22.9 Å². The van der Waals surface area contributed by atoms with Gasteiger partial charge in [0.1, 0.15) is 25.3 Å². The summed E-state index contributed by atoms with van der Waals surface area (Å²) in [5.41, 5.74) is 1.62. The zero-order chi connectivity index (χ0) is 26.6. The van der Waals surface area contributed by atoms with Crippen molar-refractivity contribution in [1.29, 1.82) is 0 Å². The summed E-state index contributed by atoms with van der Waals surface area (Å²) < 4.78 is 5.84. The molecule has 198 valence electrons. The SMILES string of the molecule is CC(=O)N1CCC(N2CCC(=CC3=C(C(=O)O[Si](C)(C)C)N4C(=O)C(N[Si](C)(C)C)C4SC3)C2=O)C1. The van der Waals surface area contributed by atoms with Gasteiger partial charge in [0, 0.05) is 37.9 Å². The normalized spacial score (nSPS) is 28.1. The van der Waals surface area contributed by atoms with E-state index in [2.05, 4.69) is 24.6 Å². The molecule has 0 radical (unpaired) electrons. The van der Waals surface area contributed by atoms with Crippen LogP contribution in [-0.4, -0.2) is 97.8 Å². The molecule has 36 heavy (non-hydrogen) atoms. The summed E-state index contributed by atoms with van der Waals surface area (Å²) >= 11 is 1.62. The molecule has 4 rings (SSSR count). The van der Waals surface area contributed by atoms with Crippen molar-refractivity contribution in [2.75, 3.05) is 25.4 Å². The lowest BCUT2D eigenvalue weighted by Crippen LogP contribution is -2.73. The number of fused-ring (bicyclic) bond motifs is 1. The van der Waals surface area contributed by atoms with E-state index >= 15 is 0 Å². The summed E-state index contributed by atoms with van der Waals surface area (Å²) in [6.45, 7) is 15.7. The van der Waals surface area contributed by atoms with Gasteiger partial charge < -0.3 is 19.2 Å². The second-order valence-corrected chi connectivity index (χ2v) is 22.3. The number of carbonyl (C=O) groups excluding carboxylic acids is 4. The first-order valence-corrected chi connectivity index (χ1v) is 20.6. The molecule has 3 fully saturated rings. The molecule has 4 aliphatic rings. The van der Waals surface area contributed by atoms with Crippen molar-refractivity contribution in [3.63, 3.8) is 0 Å². The van der Waals surface area contributed by atoms with E-state index in [9.17, 15) is 19.2 Å². The number of hydrogen-bond donors (Lipinski definition) is 1. The highest BCUT2D eigenvalue weighted by molar-refractivity contribution is 8.00. The lowest BCUT2D eigenvalue weighted by Gasteiger charge is -2.51. The van der Waals surface area contributed by atoms with Crippen molar-refractivity contribution < 1.29 is 23.6 Å². The van der Waals surface area contributed by atoms with Gasteiger partial charge in [-0.25, -0.2) is 4.79 Å². The lowest BCUT2D eigenvalue weighted by atomic mass is 10.0. The first-order chi connectivity index (χ1) is 16.7. The molecule has 0 aromatic carbocycles. The summed E-state index contributed by atoms with van der Waals surface area (Å²) in [5, 5.41) is -0.151. The number of β-lactam (4-membered cyclic amide) rings is 1. The Morgan fingerprint density at radius 3 is 2.39 bits per heavy atom. The summed E-state index contributed by atoms with van der Waals surface area (Å²) in [5.74, 6) is -0.0574. The molecule has 0 aromatic heterocycles. The lowest BCUT2D eigenvalue weighted by molar-refractivity contribution is -0.147. The van der Waals surface area contributed by atoms with Crippen LogP contribution in [0.25, 0.3) is 0 Å². The first kappa shape index (κ1) is 27.1. The van der Waals surface area contributed by atoms with Gasteiger partial charge in [0.05, 0.1) is 6.04 Å². The van der Waals surface area contributed by atoms with Gasteiger partial charge in [0.25, 0.3) is 0 Å². The zero-order valence-corrected chi connectivity index (χ0v) is 25.2. The van der Waals surface area contributed by atoms with Gasteiger partial charge in [0.2, 0.25) is 26.0 Å². The van der Waals surface area contributed by atoms with Crippen LogP contribution in [0, 0.1) is 0 Å². The number of nitrogens with one attached hydrogen (secondary N) is 1. The molecule has 3 unspecified atom stereocenters. The molecule has 0 aliphatic carbocycles. The van der Waals surface area contributed by atoms with E-state index in [-0.39, 0.29) is 35.2 Å². The number of hydrogen-bond acceptors (Lipinski definition) is 7. The molecule has 3 atom stereocenters. The van der Waals surface area contributed by atoms with Gasteiger partial charge in [-0.05, 0) is 44.1 Å². The summed E-state index contributed by atoms with van der Waals surface area (Å²) in [4.78, 5) is 60.4. The Kier molecular flexibility index (Phi) is 7.37. The Bertz CT molecular complexity index is 1050. The minimum absolute atomic E-state index is 0.0214. The average Bonchev–Trinajstić information content (AvgIpc) is 3.37. The molecule has 12 heteroatoms. The molecule has 0 spiro atoms. The molecule has 4 heterocycles. The number of amides is 3. The maximum Gasteiger partial charge on any atom is 0.342 e. The third-order valence-corrected chi connectivity index (χ3v) is 10.0. The third kappa shape index (κ3) is 5.51. The predicted molar refractivity (Wildman–Crippen MR) is 145 cm³/mol. The minimum Gasteiger partial charge on any atom is -0.515 e. The molecule has 3 saturated heterocycles. The minimum atomic E-state index is -2.21.